The number of carbonyl (C=O) groups is 2. The minimum Gasteiger partial charge on any atom is -0.497 e. The molecule has 6 heteroatoms. The van der Waals surface area contributed by atoms with E-state index >= 15 is 0 Å². The largest absolute Gasteiger partial charge is 0.497 e. The van der Waals surface area contributed by atoms with Gasteiger partial charge in [0.2, 0.25) is 5.78 Å². The number of methoxy groups -OCH3 is 1. The summed E-state index contributed by atoms with van der Waals surface area (Å²) < 4.78 is 16.2. The van der Waals surface area contributed by atoms with Crippen molar-refractivity contribution in [1.82, 2.24) is 0 Å². The van der Waals surface area contributed by atoms with E-state index in [1.165, 1.54) is 0 Å². The fourth-order valence-corrected chi connectivity index (χ4v) is 2.99. The molecular formula is C23H15ClO5. The van der Waals surface area contributed by atoms with Crippen molar-refractivity contribution in [2.75, 3.05) is 7.11 Å². The number of allylic oxidation sites excluding steroid dienone is 1. The molecule has 0 saturated carbocycles. The van der Waals surface area contributed by atoms with Gasteiger partial charge in [0.1, 0.15) is 17.2 Å². The zero-order valence-corrected chi connectivity index (χ0v) is 16.1. The fraction of sp³-hybridized carbons (Fsp3) is 0.0435. The molecule has 0 fully saturated rings. The van der Waals surface area contributed by atoms with Gasteiger partial charge in [-0.05, 0) is 60.2 Å². The van der Waals surface area contributed by atoms with Crippen LogP contribution in [0.15, 0.2) is 72.5 Å². The molecule has 1 aliphatic heterocycles. The summed E-state index contributed by atoms with van der Waals surface area (Å²) in [6, 6.07) is 18.3. The van der Waals surface area contributed by atoms with Crippen molar-refractivity contribution in [1.29, 1.82) is 0 Å². The highest BCUT2D eigenvalue weighted by Crippen LogP contribution is 2.35. The van der Waals surface area contributed by atoms with E-state index in [-0.39, 0.29) is 11.5 Å². The number of carbonyl (C=O) groups excluding carboxylic acids is 2. The number of esters is 1. The molecule has 0 radical (unpaired) electrons. The maximum absolute atomic E-state index is 12.5. The van der Waals surface area contributed by atoms with Gasteiger partial charge < -0.3 is 14.2 Å². The van der Waals surface area contributed by atoms with E-state index in [1.807, 2.05) is 0 Å². The highest BCUT2D eigenvalue weighted by Gasteiger charge is 2.27. The first-order valence-corrected chi connectivity index (χ1v) is 9.11. The molecule has 0 N–H and O–H groups in total. The van der Waals surface area contributed by atoms with Crippen molar-refractivity contribution in [3.8, 4) is 17.2 Å². The van der Waals surface area contributed by atoms with Gasteiger partial charge in [-0.3, -0.25) is 4.79 Å². The Balaban J connectivity index is 1.54. The van der Waals surface area contributed by atoms with Gasteiger partial charge in [-0.15, -0.1) is 0 Å². The zero-order valence-electron chi connectivity index (χ0n) is 15.3. The lowest BCUT2D eigenvalue weighted by atomic mass is 10.1. The Kier molecular flexibility index (Phi) is 5.06. The van der Waals surface area contributed by atoms with Gasteiger partial charge in [0, 0.05) is 11.1 Å². The molecule has 0 aliphatic carbocycles. The van der Waals surface area contributed by atoms with Crippen LogP contribution in [0.25, 0.3) is 6.08 Å². The number of ether oxygens (including phenoxy) is 3. The van der Waals surface area contributed by atoms with E-state index < -0.39 is 5.97 Å². The van der Waals surface area contributed by atoms with Crippen molar-refractivity contribution in [2.24, 2.45) is 0 Å². The van der Waals surface area contributed by atoms with Crippen LogP contribution in [0, 0.1) is 0 Å². The summed E-state index contributed by atoms with van der Waals surface area (Å²) in [6.45, 7) is 0. The summed E-state index contributed by atoms with van der Waals surface area (Å²) in [6.07, 6.45) is 1.61. The summed E-state index contributed by atoms with van der Waals surface area (Å²) in [5, 5.41) is 0.537. The standard InChI is InChI=1S/C23H15ClO5/c1-27-17-9-10-19-20(13-17)29-21(22(19)25)12-14-3-2-4-18(11-14)28-23(26)15-5-7-16(24)8-6-15/h2-13H,1H3/b21-12-. The third-order valence-corrected chi connectivity index (χ3v) is 4.58. The Labute approximate surface area is 172 Å². The van der Waals surface area contributed by atoms with E-state index in [0.29, 0.717) is 39.0 Å². The fourth-order valence-electron chi connectivity index (χ4n) is 2.87. The zero-order chi connectivity index (χ0) is 20.4. The van der Waals surface area contributed by atoms with Crippen LogP contribution in [0.5, 0.6) is 17.2 Å². The van der Waals surface area contributed by atoms with Crippen LogP contribution in [0.1, 0.15) is 26.3 Å². The van der Waals surface area contributed by atoms with E-state index in [2.05, 4.69) is 0 Å². The summed E-state index contributed by atoms with van der Waals surface area (Å²) >= 11 is 5.84. The molecule has 0 spiro atoms. The van der Waals surface area contributed by atoms with Crippen LogP contribution in [-0.2, 0) is 0 Å². The normalized spacial score (nSPS) is 13.7. The molecule has 0 amide bonds. The first-order chi connectivity index (χ1) is 14.0. The second kappa shape index (κ2) is 7.81. The Morgan fingerprint density at radius 3 is 2.55 bits per heavy atom. The lowest BCUT2D eigenvalue weighted by molar-refractivity contribution is 0.0734. The summed E-state index contributed by atoms with van der Waals surface area (Å²) in [4.78, 5) is 24.8. The smallest absolute Gasteiger partial charge is 0.343 e. The van der Waals surface area contributed by atoms with Gasteiger partial charge in [0.15, 0.2) is 5.76 Å². The van der Waals surface area contributed by atoms with Gasteiger partial charge in [-0.1, -0.05) is 23.7 Å². The van der Waals surface area contributed by atoms with Crippen molar-refractivity contribution in [3.63, 3.8) is 0 Å². The quantitative estimate of drug-likeness (QED) is 0.339. The molecule has 4 rings (SSSR count). The van der Waals surface area contributed by atoms with Crippen molar-refractivity contribution < 1.29 is 23.8 Å². The van der Waals surface area contributed by atoms with E-state index in [1.54, 1.807) is 79.9 Å². The number of halogens is 1. The van der Waals surface area contributed by atoms with Crippen LogP contribution in [-0.4, -0.2) is 18.9 Å². The third kappa shape index (κ3) is 4.00. The van der Waals surface area contributed by atoms with Crippen molar-refractivity contribution in [2.45, 2.75) is 0 Å². The lowest BCUT2D eigenvalue weighted by Gasteiger charge is -2.06. The maximum Gasteiger partial charge on any atom is 0.343 e. The van der Waals surface area contributed by atoms with Crippen LogP contribution in [0.2, 0.25) is 5.02 Å². The molecule has 0 bridgehead atoms. The van der Waals surface area contributed by atoms with E-state index in [4.69, 9.17) is 25.8 Å². The summed E-state index contributed by atoms with van der Waals surface area (Å²) in [7, 11) is 1.55. The molecule has 5 nitrogen and oxygen atoms in total. The second-order valence-corrected chi connectivity index (χ2v) is 6.71. The van der Waals surface area contributed by atoms with Gasteiger partial charge in [-0.25, -0.2) is 4.79 Å². The minimum absolute atomic E-state index is 0.189. The number of hydrogen-bond donors (Lipinski definition) is 0. The molecule has 0 aromatic heterocycles. The lowest BCUT2D eigenvalue weighted by Crippen LogP contribution is -2.08. The molecule has 0 atom stereocenters. The second-order valence-electron chi connectivity index (χ2n) is 6.27. The van der Waals surface area contributed by atoms with Crippen molar-refractivity contribution >= 4 is 29.4 Å². The molecule has 3 aromatic carbocycles. The molecule has 1 heterocycles. The van der Waals surface area contributed by atoms with Crippen molar-refractivity contribution in [3.05, 3.63) is 94.2 Å². The van der Waals surface area contributed by atoms with Gasteiger partial charge in [-0.2, -0.15) is 0 Å². The summed E-state index contributed by atoms with van der Waals surface area (Å²) in [5.41, 5.74) is 1.52. The number of Topliss-reactive ketones (excluding diaryl/α,β-unsaturated/α-hetero) is 1. The molecular weight excluding hydrogens is 392 g/mol. The van der Waals surface area contributed by atoms with Gasteiger partial charge >= 0.3 is 5.97 Å². The summed E-state index contributed by atoms with van der Waals surface area (Å²) in [5.74, 6) is 0.878. The number of fused-ring (bicyclic) bond motifs is 1. The predicted octanol–water partition coefficient (Wildman–Crippen LogP) is 5.18. The number of benzene rings is 3. The van der Waals surface area contributed by atoms with Crippen LogP contribution in [0.3, 0.4) is 0 Å². The molecule has 0 unspecified atom stereocenters. The molecule has 3 aromatic rings. The third-order valence-electron chi connectivity index (χ3n) is 4.32. The van der Waals surface area contributed by atoms with Gasteiger partial charge in [0.25, 0.3) is 0 Å². The Morgan fingerprint density at radius 1 is 1.00 bits per heavy atom. The van der Waals surface area contributed by atoms with E-state index in [0.717, 1.165) is 0 Å². The Hall–Kier alpha value is -3.57. The van der Waals surface area contributed by atoms with Crippen LogP contribution in [0.4, 0.5) is 0 Å². The van der Waals surface area contributed by atoms with Crippen LogP contribution < -0.4 is 14.2 Å². The highest BCUT2D eigenvalue weighted by molar-refractivity contribution is 6.30. The monoisotopic (exact) mass is 406 g/mol. The van der Waals surface area contributed by atoms with Crippen LogP contribution >= 0.6 is 11.6 Å². The maximum atomic E-state index is 12.5. The molecule has 144 valence electrons. The first-order valence-electron chi connectivity index (χ1n) is 8.73. The molecule has 0 saturated heterocycles. The Morgan fingerprint density at radius 2 is 1.79 bits per heavy atom. The van der Waals surface area contributed by atoms with E-state index in [9.17, 15) is 9.59 Å². The molecule has 1 aliphatic rings. The highest BCUT2D eigenvalue weighted by atomic mass is 35.5. The predicted molar refractivity (Wildman–Crippen MR) is 109 cm³/mol. The average molecular weight is 407 g/mol. The number of hydrogen-bond acceptors (Lipinski definition) is 5. The topological polar surface area (TPSA) is 61.8 Å². The Bertz CT molecular complexity index is 1130. The average Bonchev–Trinajstić information content (AvgIpc) is 3.03. The van der Waals surface area contributed by atoms with Gasteiger partial charge in [0.05, 0.1) is 18.2 Å². The SMILES string of the molecule is COc1ccc2c(c1)O/C(=C\c1cccc(OC(=O)c3ccc(Cl)cc3)c1)C2=O. The first kappa shape index (κ1) is 18.8. The number of rotatable bonds is 4. The number of ketones is 1. The minimum atomic E-state index is -0.501. The molecule has 29 heavy (non-hydrogen) atoms.